The Bertz CT molecular complexity index is 1040. The zero-order valence-electron chi connectivity index (χ0n) is 15.8. The summed E-state index contributed by atoms with van der Waals surface area (Å²) in [6.45, 7) is 2.49. The molecule has 1 aliphatic rings. The molecule has 3 aromatic rings. The fraction of sp³-hybridized carbons (Fsp3) is 0.318. The molecule has 1 amide bonds. The Labute approximate surface area is 168 Å². The largest absolute Gasteiger partial charge is 0.353 e. The minimum absolute atomic E-state index is 0.0157. The molecule has 2 aromatic carbocycles. The van der Waals surface area contributed by atoms with Gasteiger partial charge < -0.3 is 5.32 Å². The zero-order chi connectivity index (χ0) is 19.5. The van der Waals surface area contributed by atoms with E-state index in [0.717, 1.165) is 5.56 Å². The first kappa shape index (κ1) is 18.7. The standard InChI is InChI=1S/C22H23N3O2S/c1-15(17-11-12-17)23-20(26)14-28-22-24-19-10-6-5-9-18(19)21(27)25(22)13-16-7-3-2-4-8-16/h2-10,15,17H,11-14H2,1H3,(H,23,26)/t15-/m1/s1. The molecule has 1 aliphatic carbocycles. The predicted molar refractivity (Wildman–Crippen MR) is 113 cm³/mol. The molecule has 4 rings (SSSR count). The van der Waals surface area contributed by atoms with Gasteiger partial charge in [0.25, 0.3) is 5.56 Å². The molecule has 0 saturated heterocycles. The van der Waals surface area contributed by atoms with Gasteiger partial charge in [0.15, 0.2) is 5.16 Å². The Morgan fingerprint density at radius 1 is 1.18 bits per heavy atom. The summed E-state index contributed by atoms with van der Waals surface area (Å²) in [4.78, 5) is 30.1. The average molecular weight is 394 g/mol. The third-order valence-corrected chi connectivity index (χ3v) is 6.04. The van der Waals surface area contributed by atoms with Crippen LogP contribution < -0.4 is 10.9 Å². The van der Waals surface area contributed by atoms with Crippen molar-refractivity contribution in [2.75, 3.05) is 5.75 Å². The van der Waals surface area contributed by atoms with Gasteiger partial charge in [-0.3, -0.25) is 14.2 Å². The van der Waals surface area contributed by atoms with Gasteiger partial charge in [-0.15, -0.1) is 0 Å². The second-order valence-corrected chi connectivity index (χ2v) is 8.21. The van der Waals surface area contributed by atoms with Crippen LogP contribution in [0.4, 0.5) is 0 Å². The molecule has 0 aliphatic heterocycles. The molecule has 1 fully saturated rings. The van der Waals surface area contributed by atoms with E-state index in [1.165, 1.54) is 24.6 Å². The number of carbonyl (C=O) groups is 1. The number of nitrogens with zero attached hydrogens (tertiary/aromatic N) is 2. The van der Waals surface area contributed by atoms with Crippen LogP contribution in [-0.2, 0) is 11.3 Å². The molecule has 6 heteroatoms. The smallest absolute Gasteiger partial charge is 0.262 e. The maximum absolute atomic E-state index is 13.1. The maximum Gasteiger partial charge on any atom is 0.262 e. The van der Waals surface area contributed by atoms with Crippen molar-refractivity contribution in [1.29, 1.82) is 0 Å². The van der Waals surface area contributed by atoms with Crippen LogP contribution in [-0.4, -0.2) is 27.3 Å². The molecule has 1 heterocycles. The van der Waals surface area contributed by atoms with Crippen LogP contribution in [0.5, 0.6) is 0 Å². The van der Waals surface area contributed by atoms with Crippen LogP contribution in [0.2, 0.25) is 0 Å². The van der Waals surface area contributed by atoms with E-state index >= 15 is 0 Å². The van der Waals surface area contributed by atoms with Crippen molar-refractivity contribution in [2.24, 2.45) is 5.92 Å². The van der Waals surface area contributed by atoms with E-state index in [0.29, 0.717) is 28.5 Å². The molecular weight excluding hydrogens is 370 g/mol. The number of aromatic nitrogens is 2. The third kappa shape index (κ3) is 4.28. The molecule has 0 bridgehead atoms. The first-order valence-corrected chi connectivity index (χ1v) is 10.6. The van der Waals surface area contributed by atoms with Gasteiger partial charge in [-0.25, -0.2) is 4.98 Å². The van der Waals surface area contributed by atoms with Crippen molar-refractivity contribution in [3.05, 3.63) is 70.5 Å². The van der Waals surface area contributed by atoms with Crippen LogP contribution in [0.3, 0.4) is 0 Å². The topological polar surface area (TPSA) is 64.0 Å². The lowest BCUT2D eigenvalue weighted by atomic mass is 10.2. The highest BCUT2D eigenvalue weighted by molar-refractivity contribution is 7.99. The van der Waals surface area contributed by atoms with E-state index in [-0.39, 0.29) is 23.3 Å². The van der Waals surface area contributed by atoms with E-state index in [9.17, 15) is 9.59 Å². The van der Waals surface area contributed by atoms with Gasteiger partial charge in [-0.05, 0) is 43.4 Å². The van der Waals surface area contributed by atoms with Gasteiger partial charge >= 0.3 is 0 Å². The van der Waals surface area contributed by atoms with E-state index < -0.39 is 0 Å². The van der Waals surface area contributed by atoms with Gasteiger partial charge in [0.1, 0.15) is 0 Å². The maximum atomic E-state index is 13.1. The lowest BCUT2D eigenvalue weighted by Crippen LogP contribution is -2.35. The minimum Gasteiger partial charge on any atom is -0.353 e. The summed E-state index contributed by atoms with van der Waals surface area (Å²) in [6.07, 6.45) is 2.38. The summed E-state index contributed by atoms with van der Waals surface area (Å²) in [6, 6.07) is 17.4. The normalized spacial score (nSPS) is 14.8. The van der Waals surface area contributed by atoms with E-state index in [2.05, 4.69) is 17.2 Å². The molecule has 28 heavy (non-hydrogen) atoms. The van der Waals surface area contributed by atoms with Crippen molar-refractivity contribution in [1.82, 2.24) is 14.9 Å². The lowest BCUT2D eigenvalue weighted by Gasteiger charge is -2.15. The molecule has 1 N–H and O–H groups in total. The third-order valence-electron chi connectivity index (χ3n) is 5.06. The van der Waals surface area contributed by atoms with Gasteiger partial charge in [-0.2, -0.15) is 0 Å². The summed E-state index contributed by atoms with van der Waals surface area (Å²) in [7, 11) is 0. The number of benzene rings is 2. The van der Waals surface area contributed by atoms with E-state index in [1.807, 2.05) is 48.5 Å². The Morgan fingerprint density at radius 3 is 2.64 bits per heavy atom. The second kappa shape index (κ2) is 8.19. The summed E-state index contributed by atoms with van der Waals surface area (Å²) in [5.41, 5.74) is 1.60. The first-order valence-electron chi connectivity index (χ1n) is 9.57. The Kier molecular flexibility index (Phi) is 5.48. The summed E-state index contributed by atoms with van der Waals surface area (Å²) in [5.74, 6) is 0.846. The van der Waals surface area contributed by atoms with Crippen molar-refractivity contribution < 1.29 is 4.79 Å². The Hall–Kier alpha value is -2.60. The number of rotatable bonds is 7. The highest BCUT2D eigenvalue weighted by Crippen LogP contribution is 2.32. The minimum atomic E-state index is -0.0799. The summed E-state index contributed by atoms with van der Waals surface area (Å²) < 4.78 is 1.67. The Balaban J connectivity index is 1.60. The van der Waals surface area contributed by atoms with Crippen molar-refractivity contribution in [3.63, 3.8) is 0 Å². The number of amides is 1. The molecular formula is C22H23N3O2S. The van der Waals surface area contributed by atoms with Crippen LogP contribution in [0.1, 0.15) is 25.3 Å². The van der Waals surface area contributed by atoms with Crippen molar-refractivity contribution >= 4 is 28.6 Å². The quantitative estimate of drug-likeness (QED) is 0.493. The fourth-order valence-corrected chi connectivity index (χ4v) is 4.11. The van der Waals surface area contributed by atoms with Crippen molar-refractivity contribution in [2.45, 2.75) is 37.5 Å². The van der Waals surface area contributed by atoms with E-state index in [1.54, 1.807) is 10.6 Å². The fourth-order valence-electron chi connectivity index (χ4n) is 3.30. The molecule has 1 aromatic heterocycles. The zero-order valence-corrected chi connectivity index (χ0v) is 16.6. The van der Waals surface area contributed by atoms with Gasteiger partial charge in [0, 0.05) is 6.04 Å². The van der Waals surface area contributed by atoms with Gasteiger partial charge in [0.2, 0.25) is 5.91 Å². The number of hydrogen-bond donors (Lipinski definition) is 1. The Morgan fingerprint density at radius 2 is 1.89 bits per heavy atom. The number of nitrogens with one attached hydrogen (secondary N) is 1. The average Bonchev–Trinajstić information content (AvgIpc) is 3.55. The van der Waals surface area contributed by atoms with Gasteiger partial charge in [0.05, 0.1) is 23.2 Å². The molecule has 0 radical (unpaired) electrons. The number of thioether (sulfide) groups is 1. The molecule has 1 atom stereocenters. The monoisotopic (exact) mass is 393 g/mol. The molecule has 1 saturated carbocycles. The van der Waals surface area contributed by atoms with Crippen LogP contribution in [0, 0.1) is 5.92 Å². The van der Waals surface area contributed by atoms with Crippen LogP contribution in [0.15, 0.2) is 64.5 Å². The van der Waals surface area contributed by atoms with Crippen LogP contribution in [0.25, 0.3) is 10.9 Å². The second-order valence-electron chi connectivity index (χ2n) is 7.27. The van der Waals surface area contributed by atoms with Gasteiger partial charge in [-0.1, -0.05) is 54.2 Å². The number of para-hydroxylation sites is 1. The highest BCUT2D eigenvalue weighted by Gasteiger charge is 2.28. The SMILES string of the molecule is C[C@@H](NC(=O)CSc1nc2ccccc2c(=O)n1Cc1ccccc1)C1CC1. The molecule has 144 valence electrons. The molecule has 5 nitrogen and oxygen atoms in total. The highest BCUT2D eigenvalue weighted by atomic mass is 32.2. The predicted octanol–water partition coefficient (Wildman–Crippen LogP) is 3.45. The summed E-state index contributed by atoms with van der Waals surface area (Å²) >= 11 is 1.32. The van der Waals surface area contributed by atoms with E-state index in [4.69, 9.17) is 0 Å². The van der Waals surface area contributed by atoms with Crippen LogP contribution >= 0.6 is 11.8 Å². The van der Waals surface area contributed by atoms with Crippen molar-refractivity contribution in [3.8, 4) is 0 Å². The number of hydrogen-bond acceptors (Lipinski definition) is 4. The lowest BCUT2D eigenvalue weighted by molar-refractivity contribution is -0.119. The molecule has 0 spiro atoms. The molecule has 0 unspecified atom stereocenters. The summed E-state index contributed by atoms with van der Waals surface area (Å²) in [5, 5.41) is 4.22. The first-order chi connectivity index (χ1) is 13.6. The number of carbonyl (C=O) groups excluding carboxylic acids is 1. The number of fused-ring (bicyclic) bond motifs is 1.